The number of sulfonamides is 1. The van der Waals surface area contributed by atoms with Crippen molar-refractivity contribution in [3.8, 4) is 5.75 Å². The summed E-state index contributed by atoms with van der Waals surface area (Å²) < 4.78 is 31.5. The quantitative estimate of drug-likeness (QED) is 0.523. The predicted molar refractivity (Wildman–Crippen MR) is 134 cm³/mol. The molecule has 0 spiro atoms. The van der Waals surface area contributed by atoms with Crippen LogP contribution >= 0.6 is 0 Å². The Morgan fingerprint density at radius 1 is 1.09 bits per heavy atom. The predicted octanol–water partition coefficient (Wildman–Crippen LogP) is 3.10. The van der Waals surface area contributed by atoms with Gasteiger partial charge >= 0.3 is 0 Å². The van der Waals surface area contributed by atoms with Crippen molar-refractivity contribution in [3.05, 3.63) is 59.7 Å². The van der Waals surface area contributed by atoms with E-state index in [2.05, 4.69) is 5.32 Å². The smallest absolute Gasteiger partial charge is 0.244 e. The van der Waals surface area contributed by atoms with E-state index in [1.54, 1.807) is 24.3 Å². The number of carbonyl (C=O) groups excluding carboxylic acids is 2. The van der Waals surface area contributed by atoms with E-state index in [0.717, 1.165) is 21.7 Å². The number of anilines is 1. The maximum atomic E-state index is 13.6. The zero-order valence-electron chi connectivity index (χ0n) is 20.7. The summed E-state index contributed by atoms with van der Waals surface area (Å²) in [6, 6.07) is 13.3. The molecule has 8 nitrogen and oxygen atoms in total. The molecule has 186 valence electrons. The van der Waals surface area contributed by atoms with Gasteiger partial charge in [0, 0.05) is 18.7 Å². The number of benzene rings is 2. The lowest BCUT2D eigenvalue weighted by Gasteiger charge is -2.33. The zero-order chi connectivity index (χ0) is 25.5. The highest BCUT2D eigenvalue weighted by Gasteiger charge is 2.32. The maximum absolute atomic E-state index is 13.6. The number of methoxy groups -OCH3 is 1. The molecule has 0 aromatic heterocycles. The molecule has 9 heteroatoms. The second kappa shape index (κ2) is 11.9. The monoisotopic (exact) mass is 489 g/mol. The van der Waals surface area contributed by atoms with Gasteiger partial charge in [0.2, 0.25) is 21.8 Å². The van der Waals surface area contributed by atoms with Crippen LogP contribution in [0.1, 0.15) is 38.3 Å². The Morgan fingerprint density at radius 2 is 1.74 bits per heavy atom. The van der Waals surface area contributed by atoms with Gasteiger partial charge in [-0.05, 0) is 44.9 Å². The molecule has 0 fully saturated rings. The number of nitrogens with one attached hydrogen (secondary N) is 1. The Kier molecular flexibility index (Phi) is 9.49. The van der Waals surface area contributed by atoms with Gasteiger partial charge in [0.05, 0.1) is 19.1 Å². The normalized spacial score (nSPS) is 12.2. The number of hydrogen-bond donors (Lipinski definition) is 1. The molecule has 0 radical (unpaired) electrons. The van der Waals surface area contributed by atoms with Gasteiger partial charge in [-0.15, -0.1) is 0 Å². The van der Waals surface area contributed by atoms with Crippen LogP contribution in [-0.2, 0) is 26.2 Å². The number of ether oxygens (including phenoxy) is 1. The molecule has 0 saturated heterocycles. The van der Waals surface area contributed by atoms with Crippen LogP contribution in [0.25, 0.3) is 0 Å². The van der Waals surface area contributed by atoms with Gasteiger partial charge in [0.1, 0.15) is 18.3 Å². The van der Waals surface area contributed by atoms with E-state index < -0.39 is 28.5 Å². The molecule has 0 heterocycles. The molecule has 2 rings (SSSR count). The van der Waals surface area contributed by atoms with Crippen LogP contribution in [0.3, 0.4) is 0 Å². The largest absolute Gasteiger partial charge is 0.497 e. The van der Waals surface area contributed by atoms with Crippen molar-refractivity contribution in [2.75, 3.05) is 24.2 Å². The fourth-order valence-electron chi connectivity index (χ4n) is 3.57. The van der Waals surface area contributed by atoms with Crippen molar-refractivity contribution in [2.24, 2.45) is 0 Å². The van der Waals surface area contributed by atoms with Crippen LogP contribution in [0.5, 0.6) is 5.75 Å². The molecule has 0 aliphatic heterocycles. The number of nitrogens with zero attached hydrogens (tertiary/aromatic N) is 2. The molecule has 1 N–H and O–H groups in total. The third kappa shape index (κ3) is 7.48. The lowest BCUT2D eigenvalue weighted by atomic mass is 10.1. The van der Waals surface area contributed by atoms with E-state index in [-0.39, 0.29) is 18.5 Å². The Hall–Kier alpha value is -3.07. The molecule has 2 aromatic rings. The minimum absolute atomic E-state index is 0.0952. The lowest BCUT2D eigenvalue weighted by molar-refractivity contribution is -0.140. The average Bonchev–Trinajstić information content (AvgIpc) is 2.77. The van der Waals surface area contributed by atoms with Gasteiger partial charge in [-0.2, -0.15) is 0 Å². The maximum Gasteiger partial charge on any atom is 0.244 e. The summed E-state index contributed by atoms with van der Waals surface area (Å²) in [7, 11) is -2.31. The molecular weight excluding hydrogens is 454 g/mol. The third-order valence-corrected chi connectivity index (χ3v) is 6.45. The van der Waals surface area contributed by atoms with E-state index in [9.17, 15) is 18.0 Å². The van der Waals surface area contributed by atoms with Gasteiger partial charge in [0.25, 0.3) is 0 Å². The van der Waals surface area contributed by atoms with E-state index >= 15 is 0 Å². The first-order valence-electron chi connectivity index (χ1n) is 11.2. The van der Waals surface area contributed by atoms with Crippen LogP contribution in [-0.4, -0.2) is 57.1 Å². The topological polar surface area (TPSA) is 96.0 Å². The van der Waals surface area contributed by atoms with Gasteiger partial charge in [0.15, 0.2) is 0 Å². The van der Waals surface area contributed by atoms with Crippen molar-refractivity contribution >= 4 is 27.5 Å². The molecule has 0 unspecified atom stereocenters. The molecule has 2 amide bonds. The van der Waals surface area contributed by atoms with Crippen LogP contribution < -0.4 is 14.4 Å². The van der Waals surface area contributed by atoms with E-state index in [0.29, 0.717) is 17.9 Å². The van der Waals surface area contributed by atoms with Gasteiger partial charge in [-0.1, -0.05) is 42.8 Å². The summed E-state index contributed by atoms with van der Waals surface area (Å²) in [5.41, 5.74) is 2.24. The van der Waals surface area contributed by atoms with Crippen molar-refractivity contribution < 1.29 is 22.7 Å². The highest BCUT2D eigenvalue weighted by atomic mass is 32.2. The van der Waals surface area contributed by atoms with Gasteiger partial charge < -0.3 is 15.0 Å². The number of aryl methyl sites for hydroxylation is 1. The molecule has 0 bridgehead atoms. The summed E-state index contributed by atoms with van der Waals surface area (Å²) in [5.74, 6) is -0.275. The van der Waals surface area contributed by atoms with Crippen molar-refractivity contribution in [3.63, 3.8) is 0 Å². The van der Waals surface area contributed by atoms with E-state index in [1.165, 1.54) is 12.0 Å². The van der Waals surface area contributed by atoms with Crippen molar-refractivity contribution in [2.45, 2.75) is 52.7 Å². The third-order valence-electron chi connectivity index (χ3n) is 5.31. The summed E-state index contributed by atoms with van der Waals surface area (Å²) in [6.45, 7) is 7.24. The SMILES string of the molecule is CC[C@@H](C(=O)NC(C)C)N(Cc1ccc(C)cc1)C(=O)CN(c1cccc(OC)c1)S(C)(=O)=O. The van der Waals surface area contributed by atoms with Crippen LogP contribution in [0.4, 0.5) is 5.69 Å². The first-order chi connectivity index (χ1) is 16.0. The molecule has 0 aliphatic carbocycles. The number of amides is 2. The fraction of sp³-hybridized carbons (Fsp3) is 0.440. The van der Waals surface area contributed by atoms with Crippen molar-refractivity contribution in [1.82, 2.24) is 10.2 Å². The summed E-state index contributed by atoms with van der Waals surface area (Å²) >= 11 is 0. The fourth-order valence-corrected chi connectivity index (χ4v) is 4.41. The first-order valence-corrected chi connectivity index (χ1v) is 13.1. The summed E-state index contributed by atoms with van der Waals surface area (Å²) in [4.78, 5) is 28.0. The highest BCUT2D eigenvalue weighted by molar-refractivity contribution is 7.92. The Balaban J connectivity index is 2.44. The lowest BCUT2D eigenvalue weighted by Crippen LogP contribution is -2.53. The Morgan fingerprint density at radius 3 is 2.26 bits per heavy atom. The molecule has 2 aromatic carbocycles. The van der Waals surface area contributed by atoms with E-state index in [1.807, 2.05) is 52.0 Å². The van der Waals surface area contributed by atoms with Crippen molar-refractivity contribution in [1.29, 1.82) is 0 Å². The average molecular weight is 490 g/mol. The van der Waals surface area contributed by atoms with E-state index in [4.69, 9.17) is 4.74 Å². The molecule has 1 atom stereocenters. The number of carbonyl (C=O) groups is 2. The Labute approximate surface area is 202 Å². The molecule has 0 aliphatic rings. The zero-order valence-corrected chi connectivity index (χ0v) is 21.6. The van der Waals surface area contributed by atoms with Crippen LogP contribution in [0.2, 0.25) is 0 Å². The standard InChI is InChI=1S/C25H35N3O5S/c1-7-23(25(30)26-18(2)3)27(16-20-13-11-19(4)12-14-20)24(29)17-28(34(6,31)32)21-9-8-10-22(15-21)33-5/h8-15,18,23H,7,16-17H2,1-6H3,(H,26,30)/t23-/m0/s1. The molecule has 0 saturated carbocycles. The summed E-state index contributed by atoms with van der Waals surface area (Å²) in [5, 5.41) is 2.87. The van der Waals surface area contributed by atoms with Gasteiger partial charge in [-0.3, -0.25) is 13.9 Å². The second-order valence-electron chi connectivity index (χ2n) is 8.57. The molecule has 34 heavy (non-hydrogen) atoms. The minimum atomic E-state index is -3.79. The second-order valence-corrected chi connectivity index (χ2v) is 10.5. The molecular formula is C25H35N3O5S. The first kappa shape index (κ1) is 27.2. The minimum Gasteiger partial charge on any atom is -0.497 e. The Bertz CT molecular complexity index is 1080. The van der Waals surface area contributed by atoms with Crippen LogP contribution in [0, 0.1) is 6.92 Å². The van der Waals surface area contributed by atoms with Crippen LogP contribution in [0.15, 0.2) is 48.5 Å². The van der Waals surface area contributed by atoms with Gasteiger partial charge in [-0.25, -0.2) is 8.42 Å². The summed E-state index contributed by atoms with van der Waals surface area (Å²) in [6.07, 6.45) is 1.43. The number of hydrogen-bond acceptors (Lipinski definition) is 5. The highest BCUT2D eigenvalue weighted by Crippen LogP contribution is 2.24. The number of rotatable bonds is 11.